The molecule has 1 atom stereocenters. The first-order chi connectivity index (χ1) is 13.2. The zero-order valence-corrected chi connectivity index (χ0v) is 14.8. The monoisotopic (exact) mass is 360 g/mol. The lowest BCUT2D eigenvalue weighted by molar-refractivity contribution is -0.123. The molecule has 27 heavy (non-hydrogen) atoms. The molecule has 2 amide bonds. The number of amides is 2. The smallest absolute Gasteiger partial charge is 0.251 e. The summed E-state index contributed by atoms with van der Waals surface area (Å²) in [5.41, 5.74) is 1.70. The van der Waals surface area contributed by atoms with Gasteiger partial charge in [-0.05, 0) is 29.8 Å². The van der Waals surface area contributed by atoms with Crippen LogP contribution in [0.3, 0.4) is 0 Å². The summed E-state index contributed by atoms with van der Waals surface area (Å²) in [6, 6.07) is 22.2. The van der Waals surface area contributed by atoms with Crippen LogP contribution in [0.2, 0.25) is 0 Å². The van der Waals surface area contributed by atoms with Crippen molar-refractivity contribution in [3.8, 4) is 0 Å². The molecule has 0 spiro atoms. The van der Waals surface area contributed by atoms with Crippen LogP contribution in [-0.2, 0) is 22.7 Å². The molecule has 1 saturated heterocycles. The quantitative estimate of drug-likeness (QED) is 0.630. The zero-order valence-electron chi connectivity index (χ0n) is 14.8. The summed E-state index contributed by atoms with van der Waals surface area (Å²) in [4.78, 5) is 29.0. The van der Waals surface area contributed by atoms with Gasteiger partial charge in [-0.2, -0.15) is 0 Å². The highest BCUT2D eigenvalue weighted by Gasteiger charge is 2.42. The van der Waals surface area contributed by atoms with E-state index in [1.165, 1.54) is 4.90 Å². The van der Waals surface area contributed by atoms with Gasteiger partial charge in [-0.15, -0.1) is 0 Å². The number of para-hydroxylation sites is 1. The van der Waals surface area contributed by atoms with Crippen LogP contribution in [-0.4, -0.2) is 22.8 Å². The normalized spacial score (nSPS) is 17.1. The second-order valence-electron chi connectivity index (χ2n) is 6.59. The van der Waals surface area contributed by atoms with Crippen LogP contribution in [0.5, 0.6) is 0 Å². The Morgan fingerprint density at radius 2 is 1.59 bits per heavy atom. The number of hydrogen-bond acceptors (Lipinski definition) is 4. The molecule has 1 fully saturated rings. The molecule has 5 heteroatoms. The molecule has 0 unspecified atom stereocenters. The van der Waals surface area contributed by atoms with Crippen LogP contribution in [0, 0.1) is 0 Å². The first-order valence-electron chi connectivity index (χ1n) is 8.94. The summed E-state index contributed by atoms with van der Waals surface area (Å²) in [5, 5.41) is 0. The van der Waals surface area contributed by atoms with Crippen molar-refractivity contribution in [2.75, 3.05) is 4.90 Å². The molecule has 2 aromatic carbocycles. The average Bonchev–Trinajstić information content (AvgIpc) is 3.30. The van der Waals surface area contributed by atoms with Crippen molar-refractivity contribution in [1.82, 2.24) is 4.90 Å². The molecular weight excluding hydrogens is 340 g/mol. The topological polar surface area (TPSA) is 53.8 Å². The highest BCUT2D eigenvalue weighted by molar-refractivity contribution is 6.22. The van der Waals surface area contributed by atoms with Gasteiger partial charge in [-0.1, -0.05) is 48.5 Å². The predicted octanol–water partition coefficient (Wildman–Crippen LogP) is 3.61. The van der Waals surface area contributed by atoms with Gasteiger partial charge in [-0.3, -0.25) is 14.5 Å². The van der Waals surface area contributed by atoms with Gasteiger partial charge >= 0.3 is 0 Å². The second kappa shape index (κ2) is 7.60. The van der Waals surface area contributed by atoms with Gasteiger partial charge < -0.3 is 4.42 Å². The van der Waals surface area contributed by atoms with Gasteiger partial charge in [0.15, 0.2) is 0 Å². The Kier molecular flexibility index (Phi) is 4.85. The molecule has 0 aliphatic carbocycles. The molecular formula is C22H20N2O3. The van der Waals surface area contributed by atoms with Crippen molar-refractivity contribution in [2.24, 2.45) is 0 Å². The summed E-state index contributed by atoms with van der Waals surface area (Å²) >= 11 is 0. The molecule has 0 saturated carbocycles. The fraction of sp³-hybridized carbons (Fsp3) is 0.182. The zero-order chi connectivity index (χ0) is 18.6. The maximum absolute atomic E-state index is 13.1. The first-order valence-corrected chi connectivity index (χ1v) is 8.94. The largest absolute Gasteiger partial charge is 0.468 e. The molecule has 136 valence electrons. The lowest BCUT2D eigenvalue weighted by atomic mass is 10.1. The predicted molar refractivity (Wildman–Crippen MR) is 102 cm³/mol. The van der Waals surface area contributed by atoms with Gasteiger partial charge in [0.1, 0.15) is 5.76 Å². The minimum Gasteiger partial charge on any atom is -0.468 e. The highest BCUT2D eigenvalue weighted by atomic mass is 16.3. The number of benzene rings is 2. The molecule has 5 nitrogen and oxygen atoms in total. The number of anilines is 1. The number of furan rings is 1. The summed E-state index contributed by atoms with van der Waals surface area (Å²) in [6.07, 6.45) is 1.79. The molecule has 3 aromatic rings. The SMILES string of the molecule is O=C1C[C@H](N(Cc2ccccc2)Cc2ccco2)C(=O)N1c1ccccc1. The number of carbonyl (C=O) groups excluding carboxylic acids is 2. The lowest BCUT2D eigenvalue weighted by Gasteiger charge is -2.26. The maximum Gasteiger partial charge on any atom is 0.251 e. The summed E-state index contributed by atoms with van der Waals surface area (Å²) < 4.78 is 5.48. The minimum absolute atomic E-state index is 0.168. The molecule has 0 bridgehead atoms. The van der Waals surface area contributed by atoms with E-state index in [2.05, 4.69) is 0 Å². The Hall–Kier alpha value is -3.18. The van der Waals surface area contributed by atoms with E-state index in [1.807, 2.05) is 65.6 Å². The third-order valence-electron chi connectivity index (χ3n) is 4.75. The first kappa shape index (κ1) is 17.2. The van der Waals surface area contributed by atoms with Crippen molar-refractivity contribution in [1.29, 1.82) is 0 Å². The third kappa shape index (κ3) is 3.68. The molecule has 0 N–H and O–H groups in total. The van der Waals surface area contributed by atoms with Gasteiger partial charge in [-0.25, -0.2) is 4.90 Å². The van der Waals surface area contributed by atoms with Crippen LogP contribution < -0.4 is 4.90 Å². The van der Waals surface area contributed by atoms with Crippen molar-refractivity contribution in [3.63, 3.8) is 0 Å². The van der Waals surface area contributed by atoms with Gasteiger partial charge in [0.05, 0.1) is 31.0 Å². The number of nitrogens with zero attached hydrogens (tertiary/aromatic N) is 2. The fourth-order valence-corrected chi connectivity index (χ4v) is 3.45. The van der Waals surface area contributed by atoms with Crippen LogP contribution in [0.15, 0.2) is 83.5 Å². The van der Waals surface area contributed by atoms with Crippen LogP contribution >= 0.6 is 0 Å². The fourth-order valence-electron chi connectivity index (χ4n) is 3.45. The number of hydrogen-bond donors (Lipinski definition) is 0. The van der Waals surface area contributed by atoms with Crippen LogP contribution in [0.1, 0.15) is 17.7 Å². The van der Waals surface area contributed by atoms with Crippen LogP contribution in [0.25, 0.3) is 0 Å². The standard InChI is InChI=1S/C22H20N2O3/c25-21-14-20(22(26)24(21)18-10-5-2-6-11-18)23(16-19-12-7-13-27-19)15-17-8-3-1-4-9-17/h1-13,20H,14-16H2/t20-/m0/s1. The Balaban J connectivity index is 1.61. The van der Waals surface area contributed by atoms with Crippen molar-refractivity contribution in [2.45, 2.75) is 25.6 Å². The van der Waals surface area contributed by atoms with E-state index in [0.717, 1.165) is 11.3 Å². The number of carbonyl (C=O) groups is 2. The van der Waals surface area contributed by atoms with Crippen molar-refractivity contribution >= 4 is 17.5 Å². The Labute approximate surface area is 157 Å². The van der Waals surface area contributed by atoms with Gasteiger partial charge in [0.25, 0.3) is 5.91 Å². The molecule has 4 rings (SSSR count). The van der Waals surface area contributed by atoms with E-state index in [-0.39, 0.29) is 18.2 Å². The van der Waals surface area contributed by atoms with E-state index in [9.17, 15) is 9.59 Å². The highest BCUT2D eigenvalue weighted by Crippen LogP contribution is 2.27. The number of imide groups is 1. The van der Waals surface area contributed by atoms with Gasteiger partial charge in [0, 0.05) is 6.54 Å². The summed E-state index contributed by atoms with van der Waals surface area (Å²) in [6.45, 7) is 1.03. The summed E-state index contributed by atoms with van der Waals surface area (Å²) in [5.74, 6) is 0.409. The van der Waals surface area contributed by atoms with Crippen molar-refractivity contribution in [3.05, 3.63) is 90.4 Å². The lowest BCUT2D eigenvalue weighted by Crippen LogP contribution is -2.41. The number of rotatable bonds is 6. The van der Waals surface area contributed by atoms with E-state index in [1.54, 1.807) is 18.4 Å². The van der Waals surface area contributed by atoms with E-state index in [4.69, 9.17) is 4.42 Å². The Bertz CT molecular complexity index is 907. The Morgan fingerprint density at radius 3 is 2.26 bits per heavy atom. The second-order valence-corrected chi connectivity index (χ2v) is 6.59. The average molecular weight is 360 g/mol. The summed E-state index contributed by atoms with van der Waals surface area (Å²) in [7, 11) is 0. The van der Waals surface area contributed by atoms with E-state index >= 15 is 0 Å². The maximum atomic E-state index is 13.1. The molecule has 1 aliphatic rings. The molecule has 1 aromatic heterocycles. The van der Waals surface area contributed by atoms with Gasteiger partial charge in [0.2, 0.25) is 5.91 Å². The van der Waals surface area contributed by atoms with Crippen LogP contribution in [0.4, 0.5) is 5.69 Å². The third-order valence-corrected chi connectivity index (χ3v) is 4.75. The molecule has 1 aliphatic heterocycles. The minimum atomic E-state index is -0.511. The van der Waals surface area contributed by atoms with Crippen molar-refractivity contribution < 1.29 is 14.0 Å². The molecule has 0 radical (unpaired) electrons. The van der Waals surface area contributed by atoms with E-state index < -0.39 is 6.04 Å². The Morgan fingerprint density at radius 1 is 0.889 bits per heavy atom. The molecule has 2 heterocycles. The van der Waals surface area contributed by atoms with E-state index in [0.29, 0.717) is 18.8 Å².